The number of hydrogen-bond donors (Lipinski definition) is 0. The molecule has 0 unspecified atom stereocenters. The molecule has 2 aromatic rings. The van der Waals surface area contributed by atoms with E-state index in [-0.39, 0.29) is 11.1 Å². The first-order valence-corrected chi connectivity index (χ1v) is 9.62. The van der Waals surface area contributed by atoms with E-state index in [1.807, 2.05) is 0 Å². The van der Waals surface area contributed by atoms with Crippen LogP contribution in [0.2, 0.25) is 0 Å². The zero-order chi connectivity index (χ0) is 23.4. The van der Waals surface area contributed by atoms with Gasteiger partial charge in [0.15, 0.2) is 0 Å². The maximum atomic E-state index is 13.4. The van der Waals surface area contributed by atoms with Crippen molar-refractivity contribution in [1.82, 2.24) is 0 Å². The van der Waals surface area contributed by atoms with E-state index in [1.54, 1.807) is 55.5 Å². The number of esters is 2. The van der Waals surface area contributed by atoms with Crippen LogP contribution in [-0.2, 0) is 19.1 Å². The molecule has 0 saturated heterocycles. The molecule has 1 amide bonds. The van der Waals surface area contributed by atoms with Crippen molar-refractivity contribution < 1.29 is 33.3 Å². The lowest BCUT2D eigenvalue weighted by molar-refractivity contribution is -0.136. The van der Waals surface area contributed by atoms with Gasteiger partial charge in [-0.1, -0.05) is 0 Å². The summed E-state index contributed by atoms with van der Waals surface area (Å²) in [5.41, 5.74) is 2.09. The van der Waals surface area contributed by atoms with Crippen LogP contribution >= 0.6 is 0 Å². The summed E-state index contributed by atoms with van der Waals surface area (Å²) >= 11 is 0. The number of ether oxygens (including phenoxy) is 4. The fourth-order valence-electron chi connectivity index (χ4n) is 3.46. The first-order valence-electron chi connectivity index (χ1n) is 9.62. The first-order chi connectivity index (χ1) is 15.4. The standard InChI is InChI=1S/C24H23NO7/c1-14-21(24(28)32-5)19(13-16-12-18(29-2)10-11-20(16)30-3)22(26)25(14)17-8-6-15(7-9-17)23(27)31-4/h6-13H,1-5H3/b19-13-. The van der Waals surface area contributed by atoms with Gasteiger partial charge in [-0.05, 0) is 55.5 Å². The van der Waals surface area contributed by atoms with Crippen molar-refractivity contribution in [3.05, 3.63) is 70.4 Å². The molecule has 0 radical (unpaired) electrons. The monoisotopic (exact) mass is 437 g/mol. The molecule has 1 heterocycles. The molecule has 166 valence electrons. The van der Waals surface area contributed by atoms with E-state index in [4.69, 9.17) is 18.9 Å². The molecule has 1 aliphatic heterocycles. The van der Waals surface area contributed by atoms with Crippen LogP contribution in [0.4, 0.5) is 5.69 Å². The fraction of sp³-hybridized carbons (Fsp3) is 0.208. The first kappa shape index (κ1) is 22.6. The van der Waals surface area contributed by atoms with Gasteiger partial charge in [-0.3, -0.25) is 9.69 Å². The Balaban J connectivity index is 2.13. The number of nitrogens with zero attached hydrogens (tertiary/aromatic N) is 1. The molecule has 0 spiro atoms. The number of rotatable bonds is 6. The summed E-state index contributed by atoms with van der Waals surface area (Å²) in [6, 6.07) is 11.5. The summed E-state index contributed by atoms with van der Waals surface area (Å²) in [6.07, 6.45) is 1.57. The normalized spacial score (nSPS) is 14.6. The Morgan fingerprint density at radius 2 is 1.53 bits per heavy atom. The number of anilines is 1. The highest BCUT2D eigenvalue weighted by atomic mass is 16.5. The van der Waals surface area contributed by atoms with Gasteiger partial charge in [0.2, 0.25) is 0 Å². The molecule has 0 atom stereocenters. The second-order valence-corrected chi connectivity index (χ2v) is 6.80. The summed E-state index contributed by atoms with van der Waals surface area (Å²) in [6.45, 7) is 1.65. The number of hydrogen-bond acceptors (Lipinski definition) is 7. The van der Waals surface area contributed by atoms with Crippen molar-refractivity contribution in [2.45, 2.75) is 6.92 Å². The molecule has 0 saturated carbocycles. The summed E-state index contributed by atoms with van der Waals surface area (Å²) in [5.74, 6) is -0.471. The fourth-order valence-corrected chi connectivity index (χ4v) is 3.46. The molecule has 0 aliphatic carbocycles. The largest absolute Gasteiger partial charge is 0.497 e. The van der Waals surface area contributed by atoms with Gasteiger partial charge in [0.25, 0.3) is 5.91 Å². The van der Waals surface area contributed by atoms with E-state index >= 15 is 0 Å². The number of allylic oxidation sites excluding steroid dienone is 1. The second kappa shape index (κ2) is 9.38. The topological polar surface area (TPSA) is 91.4 Å². The van der Waals surface area contributed by atoms with Crippen LogP contribution in [0.15, 0.2) is 59.3 Å². The van der Waals surface area contributed by atoms with Gasteiger partial charge in [-0.15, -0.1) is 0 Å². The Morgan fingerprint density at radius 3 is 2.09 bits per heavy atom. The van der Waals surface area contributed by atoms with Crippen LogP contribution < -0.4 is 14.4 Å². The van der Waals surface area contributed by atoms with E-state index < -0.39 is 17.8 Å². The molecule has 0 fully saturated rings. The van der Waals surface area contributed by atoms with Crippen molar-refractivity contribution in [2.75, 3.05) is 33.3 Å². The summed E-state index contributed by atoms with van der Waals surface area (Å²) < 4.78 is 20.3. The summed E-state index contributed by atoms with van der Waals surface area (Å²) in [5, 5.41) is 0. The predicted octanol–water partition coefficient (Wildman–Crippen LogP) is 3.37. The van der Waals surface area contributed by atoms with E-state index in [2.05, 4.69) is 0 Å². The molecular weight excluding hydrogens is 414 g/mol. The summed E-state index contributed by atoms with van der Waals surface area (Å²) in [7, 11) is 5.59. The molecule has 32 heavy (non-hydrogen) atoms. The van der Waals surface area contributed by atoms with Gasteiger partial charge in [0.05, 0.1) is 45.1 Å². The predicted molar refractivity (Wildman–Crippen MR) is 118 cm³/mol. The Labute approximate surface area is 185 Å². The number of carbonyl (C=O) groups excluding carboxylic acids is 3. The molecule has 0 aromatic heterocycles. The molecule has 3 rings (SSSR count). The maximum Gasteiger partial charge on any atom is 0.340 e. The molecule has 0 bridgehead atoms. The highest BCUT2D eigenvalue weighted by Crippen LogP contribution is 2.37. The SMILES string of the molecule is COC(=O)C1=C(C)N(c2ccc(C(=O)OC)cc2)C(=O)/C1=C\c1cc(OC)ccc1OC. The Bertz CT molecular complexity index is 1130. The zero-order valence-electron chi connectivity index (χ0n) is 18.4. The Kier molecular flexibility index (Phi) is 6.63. The smallest absolute Gasteiger partial charge is 0.340 e. The van der Waals surface area contributed by atoms with Crippen molar-refractivity contribution in [3.8, 4) is 11.5 Å². The van der Waals surface area contributed by atoms with Crippen molar-refractivity contribution >= 4 is 29.6 Å². The van der Waals surface area contributed by atoms with Crippen LogP contribution in [0.5, 0.6) is 11.5 Å². The lowest BCUT2D eigenvalue weighted by atomic mass is 10.0. The quantitative estimate of drug-likeness (QED) is 0.505. The molecule has 1 aliphatic rings. The van der Waals surface area contributed by atoms with Crippen LogP contribution in [0.1, 0.15) is 22.8 Å². The third kappa shape index (κ3) is 4.07. The third-order valence-corrected chi connectivity index (χ3v) is 5.07. The minimum atomic E-state index is -0.641. The van der Waals surface area contributed by atoms with Gasteiger partial charge >= 0.3 is 11.9 Å². The number of benzene rings is 2. The van der Waals surface area contributed by atoms with Crippen molar-refractivity contribution in [2.24, 2.45) is 0 Å². The van der Waals surface area contributed by atoms with Gasteiger partial charge in [0.1, 0.15) is 11.5 Å². The number of carbonyl (C=O) groups is 3. The Morgan fingerprint density at radius 1 is 0.875 bits per heavy atom. The lowest BCUT2D eigenvalue weighted by Gasteiger charge is -2.18. The van der Waals surface area contributed by atoms with Gasteiger partial charge in [-0.2, -0.15) is 0 Å². The summed E-state index contributed by atoms with van der Waals surface area (Å²) in [4.78, 5) is 39.1. The van der Waals surface area contributed by atoms with E-state index in [9.17, 15) is 14.4 Å². The van der Waals surface area contributed by atoms with Gasteiger partial charge in [0, 0.05) is 16.9 Å². The Hall–Kier alpha value is -4.07. The maximum absolute atomic E-state index is 13.4. The lowest BCUT2D eigenvalue weighted by Crippen LogP contribution is -2.24. The van der Waals surface area contributed by atoms with E-state index in [0.29, 0.717) is 34.0 Å². The van der Waals surface area contributed by atoms with Crippen molar-refractivity contribution in [3.63, 3.8) is 0 Å². The molecular formula is C24H23NO7. The van der Waals surface area contributed by atoms with Crippen LogP contribution in [0.3, 0.4) is 0 Å². The third-order valence-electron chi connectivity index (χ3n) is 5.07. The molecule has 2 aromatic carbocycles. The van der Waals surface area contributed by atoms with Crippen LogP contribution in [0, 0.1) is 0 Å². The van der Waals surface area contributed by atoms with E-state index in [0.717, 1.165) is 0 Å². The van der Waals surface area contributed by atoms with Crippen LogP contribution in [0.25, 0.3) is 6.08 Å². The molecule has 0 N–H and O–H groups in total. The molecule has 8 heteroatoms. The number of methoxy groups -OCH3 is 4. The highest BCUT2D eigenvalue weighted by Gasteiger charge is 2.38. The van der Waals surface area contributed by atoms with Crippen molar-refractivity contribution in [1.29, 1.82) is 0 Å². The van der Waals surface area contributed by atoms with E-state index in [1.165, 1.54) is 33.3 Å². The average Bonchev–Trinajstić information content (AvgIpc) is 3.07. The average molecular weight is 437 g/mol. The zero-order valence-corrected chi connectivity index (χ0v) is 18.4. The minimum Gasteiger partial charge on any atom is -0.497 e. The van der Waals surface area contributed by atoms with Crippen LogP contribution in [-0.4, -0.2) is 46.3 Å². The van der Waals surface area contributed by atoms with Gasteiger partial charge in [-0.25, -0.2) is 9.59 Å². The number of amides is 1. The second-order valence-electron chi connectivity index (χ2n) is 6.80. The highest BCUT2D eigenvalue weighted by molar-refractivity contribution is 6.24. The minimum absolute atomic E-state index is 0.138. The molecule has 8 nitrogen and oxygen atoms in total. The van der Waals surface area contributed by atoms with Gasteiger partial charge < -0.3 is 18.9 Å².